The Hall–Kier alpha value is -1.51. The summed E-state index contributed by atoms with van der Waals surface area (Å²) in [5, 5.41) is 5.97. The van der Waals surface area contributed by atoms with Gasteiger partial charge in [0.2, 0.25) is 5.91 Å². The van der Waals surface area contributed by atoms with Crippen LogP contribution < -0.4 is 10.6 Å². The summed E-state index contributed by atoms with van der Waals surface area (Å²) in [5.74, 6) is 0.0263. The number of benzene rings is 1. The van der Waals surface area contributed by atoms with E-state index in [1.165, 1.54) is 30.4 Å². The van der Waals surface area contributed by atoms with E-state index in [4.69, 9.17) is 0 Å². The number of fused-ring (bicyclic) bond motifs is 1. The van der Waals surface area contributed by atoms with Crippen molar-refractivity contribution in [3.8, 4) is 0 Å². The van der Waals surface area contributed by atoms with Gasteiger partial charge in [0.25, 0.3) is 0 Å². The SMILES string of the molecule is CNC(=O)C(C)Nc1cccc2c1CCCC2. The van der Waals surface area contributed by atoms with Crippen LogP contribution in [0.1, 0.15) is 30.9 Å². The zero-order valence-electron chi connectivity index (χ0n) is 10.5. The molecule has 0 spiro atoms. The molecule has 17 heavy (non-hydrogen) atoms. The van der Waals surface area contributed by atoms with Crippen LogP contribution in [-0.4, -0.2) is 19.0 Å². The molecule has 0 saturated carbocycles. The van der Waals surface area contributed by atoms with Gasteiger partial charge >= 0.3 is 0 Å². The molecule has 3 heteroatoms. The molecular formula is C14H20N2O. The van der Waals surface area contributed by atoms with Gasteiger partial charge in [0.1, 0.15) is 6.04 Å². The highest BCUT2D eigenvalue weighted by molar-refractivity contribution is 5.84. The fourth-order valence-electron chi connectivity index (χ4n) is 2.43. The van der Waals surface area contributed by atoms with Crippen LogP contribution in [0, 0.1) is 0 Å². The van der Waals surface area contributed by atoms with Crippen LogP contribution in [-0.2, 0) is 17.6 Å². The molecule has 1 aromatic rings. The Labute approximate surface area is 103 Å². The third kappa shape index (κ3) is 2.60. The number of amides is 1. The Morgan fingerprint density at radius 2 is 2.06 bits per heavy atom. The first kappa shape index (κ1) is 12.0. The van der Waals surface area contributed by atoms with Gasteiger partial charge in [-0.2, -0.15) is 0 Å². The van der Waals surface area contributed by atoms with Crippen molar-refractivity contribution in [1.82, 2.24) is 5.32 Å². The van der Waals surface area contributed by atoms with Gasteiger partial charge in [-0.05, 0) is 49.8 Å². The van der Waals surface area contributed by atoms with Gasteiger partial charge in [-0.25, -0.2) is 0 Å². The standard InChI is InChI=1S/C14H20N2O/c1-10(14(17)15-2)16-13-9-5-7-11-6-3-4-8-12(11)13/h5,7,9-10,16H,3-4,6,8H2,1-2H3,(H,15,17). The second kappa shape index (κ2) is 5.21. The lowest BCUT2D eigenvalue weighted by molar-refractivity contribution is -0.121. The summed E-state index contributed by atoms with van der Waals surface area (Å²) in [7, 11) is 1.67. The summed E-state index contributed by atoms with van der Waals surface area (Å²) >= 11 is 0. The molecule has 0 aromatic heterocycles. The molecule has 1 aliphatic carbocycles. The highest BCUT2D eigenvalue weighted by Crippen LogP contribution is 2.28. The molecule has 0 bridgehead atoms. The summed E-state index contributed by atoms with van der Waals surface area (Å²) in [6.45, 7) is 1.89. The van der Waals surface area contributed by atoms with Crippen LogP contribution in [0.5, 0.6) is 0 Å². The Bertz CT molecular complexity index is 415. The predicted octanol–water partition coefficient (Wildman–Crippen LogP) is 2.11. The maximum absolute atomic E-state index is 11.5. The van der Waals surface area contributed by atoms with Gasteiger partial charge in [0.15, 0.2) is 0 Å². The highest BCUT2D eigenvalue weighted by Gasteiger charge is 2.16. The van der Waals surface area contributed by atoms with Crippen LogP contribution in [0.4, 0.5) is 5.69 Å². The van der Waals surface area contributed by atoms with Crippen molar-refractivity contribution in [3.63, 3.8) is 0 Å². The molecule has 0 aliphatic heterocycles. The Kier molecular flexibility index (Phi) is 3.67. The molecule has 1 aromatic carbocycles. The number of anilines is 1. The average Bonchev–Trinajstić information content (AvgIpc) is 2.38. The lowest BCUT2D eigenvalue weighted by atomic mass is 9.90. The van der Waals surface area contributed by atoms with E-state index in [1.54, 1.807) is 7.05 Å². The van der Waals surface area contributed by atoms with Crippen LogP contribution >= 0.6 is 0 Å². The number of carbonyl (C=O) groups excluding carboxylic acids is 1. The van der Waals surface area contributed by atoms with E-state index in [2.05, 4.69) is 28.8 Å². The highest BCUT2D eigenvalue weighted by atomic mass is 16.2. The molecule has 0 fully saturated rings. The summed E-state index contributed by atoms with van der Waals surface area (Å²) < 4.78 is 0. The fourth-order valence-corrected chi connectivity index (χ4v) is 2.43. The van der Waals surface area contributed by atoms with E-state index in [1.807, 2.05) is 6.92 Å². The largest absolute Gasteiger partial charge is 0.374 e. The molecular weight excluding hydrogens is 212 g/mol. The molecule has 1 unspecified atom stereocenters. The van der Waals surface area contributed by atoms with E-state index < -0.39 is 0 Å². The van der Waals surface area contributed by atoms with Gasteiger partial charge < -0.3 is 10.6 Å². The van der Waals surface area contributed by atoms with Crippen LogP contribution in [0.2, 0.25) is 0 Å². The van der Waals surface area contributed by atoms with Crippen LogP contribution in [0.15, 0.2) is 18.2 Å². The molecule has 0 heterocycles. The molecule has 1 atom stereocenters. The number of aryl methyl sites for hydroxylation is 1. The number of carbonyl (C=O) groups is 1. The minimum atomic E-state index is -0.187. The molecule has 2 N–H and O–H groups in total. The van der Waals surface area contributed by atoms with Crippen molar-refractivity contribution < 1.29 is 4.79 Å². The van der Waals surface area contributed by atoms with Crippen molar-refractivity contribution in [1.29, 1.82) is 0 Å². The Morgan fingerprint density at radius 1 is 1.29 bits per heavy atom. The number of rotatable bonds is 3. The van der Waals surface area contributed by atoms with Crippen LogP contribution in [0.3, 0.4) is 0 Å². The van der Waals surface area contributed by atoms with Crippen molar-refractivity contribution in [2.24, 2.45) is 0 Å². The number of hydrogen-bond acceptors (Lipinski definition) is 2. The second-order valence-electron chi connectivity index (χ2n) is 4.63. The van der Waals surface area contributed by atoms with Crippen molar-refractivity contribution >= 4 is 11.6 Å². The summed E-state index contributed by atoms with van der Waals surface area (Å²) in [5.41, 5.74) is 3.96. The predicted molar refractivity (Wildman–Crippen MR) is 70.2 cm³/mol. The summed E-state index contributed by atoms with van der Waals surface area (Å²) in [4.78, 5) is 11.5. The quantitative estimate of drug-likeness (QED) is 0.838. The van der Waals surface area contributed by atoms with Gasteiger partial charge in [-0.3, -0.25) is 4.79 Å². The van der Waals surface area contributed by atoms with E-state index in [-0.39, 0.29) is 11.9 Å². The minimum Gasteiger partial charge on any atom is -0.374 e. The lowest BCUT2D eigenvalue weighted by Crippen LogP contribution is -2.35. The number of likely N-dealkylation sites (N-methyl/N-ethyl adjacent to an activating group) is 1. The third-order valence-electron chi connectivity index (χ3n) is 3.41. The normalized spacial score (nSPS) is 15.9. The van der Waals surface area contributed by atoms with E-state index in [0.717, 1.165) is 12.1 Å². The topological polar surface area (TPSA) is 41.1 Å². The third-order valence-corrected chi connectivity index (χ3v) is 3.41. The Balaban J connectivity index is 2.18. The van der Waals surface area contributed by atoms with Gasteiger partial charge in [0.05, 0.1) is 0 Å². The minimum absolute atomic E-state index is 0.0263. The first-order valence-electron chi connectivity index (χ1n) is 6.31. The Morgan fingerprint density at radius 3 is 2.82 bits per heavy atom. The van der Waals surface area contributed by atoms with Gasteiger partial charge in [0, 0.05) is 12.7 Å². The van der Waals surface area contributed by atoms with E-state index >= 15 is 0 Å². The molecule has 2 rings (SSSR count). The average molecular weight is 232 g/mol. The lowest BCUT2D eigenvalue weighted by Gasteiger charge is -2.22. The summed E-state index contributed by atoms with van der Waals surface area (Å²) in [6.07, 6.45) is 4.82. The van der Waals surface area contributed by atoms with Crippen molar-refractivity contribution in [2.45, 2.75) is 38.6 Å². The molecule has 92 valence electrons. The zero-order valence-corrected chi connectivity index (χ0v) is 10.5. The van der Waals surface area contributed by atoms with E-state index in [9.17, 15) is 4.79 Å². The smallest absolute Gasteiger partial charge is 0.241 e. The molecule has 1 amide bonds. The maximum atomic E-state index is 11.5. The summed E-state index contributed by atoms with van der Waals surface area (Å²) in [6, 6.07) is 6.16. The monoisotopic (exact) mass is 232 g/mol. The van der Waals surface area contributed by atoms with Crippen LogP contribution in [0.25, 0.3) is 0 Å². The first-order chi connectivity index (χ1) is 8.22. The number of hydrogen-bond donors (Lipinski definition) is 2. The molecule has 0 saturated heterocycles. The zero-order chi connectivity index (χ0) is 12.3. The van der Waals surface area contributed by atoms with Crippen molar-refractivity contribution in [3.05, 3.63) is 29.3 Å². The van der Waals surface area contributed by atoms with Gasteiger partial charge in [-0.1, -0.05) is 12.1 Å². The number of nitrogens with one attached hydrogen (secondary N) is 2. The maximum Gasteiger partial charge on any atom is 0.241 e. The fraction of sp³-hybridized carbons (Fsp3) is 0.500. The molecule has 0 radical (unpaired) electrons. The molecule has 3 nitrogen and oxygen atoms in total. The molecule has 1 aliphatic rings. The van der Waals surface area contributed by atoms with E-state index in [0.29, 0.717) is 0 Å². The first-order valence-corrected chi connectivity index (χ1v) is 6.31. The second-order valence-corrected chi connectivity index (χ2v) is 4.63. The van der Waals surface area contributed by atoms with Crippen molar-refractivity contribution in [2.75, 3.05) is 12.4 Å². The van der Waals surface area contributed by atoms with Gasteiger partial charge in [-0.15, -0.1) is 0 Å².